The highest BCUT2D eigenvalue weighted by Crippen LogP contribution is 2.26. The molecule has 3 nitrogen and oxygen atoms in total. The fourth-order valence-corrected chi connectivity index (χ4v) is 3.89. The zero-order chi connectivity index (χ0) is 17.8. The third kappa shape index (κ3) is 4.10. The Kier molecular flexibility index (Phi) is 5.54. The van der Waals surface area contributed by atoms with Crippen LogP contribution < -0.4 is 5.32 Å². The molecule has 1 aliphatic carbocycles. The molecule has 1 amide bonds. The molecular formula is C22H28N2O. The standard InChI is InChI=1S/C11H13NO.C11H15N/c1-12-11(13)10-6-8-4-2-3-5-9(8)7-10;1-9-4-3-5-10-8-12(2)7-6-11(9)10/h2-5,10H,6-7H2,1H3,(H,12,13);3-5H,6-8H2,1-2H3. The molecule has 0 unspecified atom stereocenters. The Morgan fingerprint density at radius 2 is 1.68 bits per heavy atom. The molecular weight excluding hydrogens is 308 g/mol. The number of hydrogen-bond acceptors (Lipinski definition) is 2. The number of benzene rings is 2. The molecule has 0 atom stereocenters. The first-order valence-corrected chi connectivity index (χ1v) is 9.12. The Balaban J connectivity index is 0.000000146. The van der Waals surface area contributed by atoms with Crippen LogP contribution in [0.1, 0.15) is 27.8 Å². The van der Waals surface area contributed by atoms with E-state index in [-0.39, 0.29) is 11.8 Å². The minimum absolute atomic E-state index is 0.155. The molecule has 1 heterocycles. The largest absolute Gasteiger partial charge is 0.359 e. The predicted molar refractivity (Wildman–Crippen MR) is 103 cm³/mol. The van der Waals surface area contributed by atoms with Crippen molar-refractivity contribution in [3.63, 3.8) is 0 Å². The molecule has 2 aromatic rings. The molecule has 0 radical (unpaired) electrons. The second-order valence-electron chi connectivity index (χ2n) is 7.19. The number of likely N-dealkylation sites (N-methyl/N-ethyl adjacent to an activating group) is 1. The number of hydrogen-bond donors (Lipinski definition) is 1. The molecule has 0 bridgehead atoms. The summed E-state index contributed by atoms with van der Waals surface area (Å²) in [6.45, 7) is 4.54. The normalized spacial score (nSPS) is 16.4. The first kappa shape index (κ1) is 17.7. The maximum Gasteiger partial charge on any atom is 0.223 e. The number of fused-ring (bicyclic) bond motifs is 2. The van der Waals surface area contributed by atoms with Gasteiger partial charge in [0.2, 0.25) is 5.91 Å². The van der Waals surface area contributed by atoms with Crippen LogP contribution in [0.15, 0.2) is 42.5 Å². The Hall–Kier alpha value is -2.13. The van der Waals surface area contributed by atoms with Gasteiger partial charge < -0.3 is 10.2 Å². The molecule has 1 aliphatic heterocycles. The van der Waals surface area contributed by atoms with Crippen LogP contribution in [0.25, 0.3) is 0 Å². The van der Waals surface area contributed by atoms with Crippen LogP contribution in [-0.2, 0) is 30.6 Å². The van der Waals surface area contributed by atoms with E-state index in [0.717, 1.165) is 19.4 Å². The zero-order valence-electron chi connectivity index (χ0n) is 15.5. The smallest absolute Gasteiger partial charge is 0.223 e. The Labute approximate surface area is 151 Å². The average Bonchev–Trinajstić information content (AvgIpc) is 3.06. The molecule has 0 spiro atoms. The number of nitrogens with zero attached hydrogens (tertiary/aromatic N) is 1. The van der Waals surface area contributed by atoms with Gasteiger partial charge in [0.15, 0.2) is 0 Å². The topological polar surface area (TPSA) is 32.3 Å². The van der Waals surface area contributed by atoms with Crippen molar-refractivity contribution in [2.24, 2.45) is 5.92 Å². The summed E-state index contributed by atoms with van der Waals surface area (Å²) in [5, 5.41) is 2.70. The molecule has 3 heteroatoms. The molecule has 0 aromatic heterocycles. The fraction of sp³-hybridized carbons (Fsp3) is 0.409. The van der Waals surface area contributed by atoms with E-state index < -0.39 is 0 Å². The Morgan fingerprint density at radius 3 is 2.32 bits per heavy atom. The summed E-state index contributed by atoms with van der Waals surface area (Å²) in [6, 6.07) is 14.9. The zero-order valence-corrected chi connectivity index (χ0v) is 15.5. The molecule has 25 heavy (non-hydrogen) atoms. The van der Waals surface area contributed by atoms with E-state index in [1.165, 1.54) is 35.2 Å². The third-order valence-electron chi connectivity index (χ3n) is 5.36. The average molecular weight is 336 g/mol. The highest BCUT2D eigenvalue weighted by Gasteiger charge is 2.25. The number of aryl methyl sites for hydroxylation is 1. The molecule has 0 saturated heterocycles. The van der Waals surface area contributed by atoms with E-state index in [1.807, 2.05) is 12.1 Å². The van der Waals surface area contributed by atoms with E-state index in [2.05, 4.69) is 54.5 Å². The summed E-state index contributed by atoms with van der Waals surface area (Å²) in [5.41, 5.74) is 7.21. The third-order valence-corrected chi connectivity index (χ3v) is 5.36. The van der Waals surface area contributed by atoms with Crippen molar-refractivity contribution < 1.29 is 4.79 Å². The number of carbonyl (C=O) groups is 1. The SMILES string of the molecule is CNC(=O)C1Cc2ccccc2C1.Cc1cccc2c1CCN(C)C2. The van der Waals surface area contributed by atoms with Crippen LogP contribution in [0.4, 0.5) is 0 Å². The molecule has 132 valence electrons. The summed E-state index contributed by atoms with van der Waals surface area (Å²) in [4.78, 5) is 13.7. The van der Waals surface area contributed by atoms with Crippen LogP contribution >= 0.6 is 0 Å². The van der Waals surface area contributed by atoms with Gasteiger partial charge in [-0.05, 0) is 61.1 Å². The van der Waals surface area contributed by atoms with E-state index in [1.54, 1.807) is 12.6 Å². The van der Waals surface area contributed by atoms with Crippen molar-refractivity contribution in [2.75, 3.05) is 20.6 Å². The lowest BCUT2D eigenvalue weighted by atomic mass is 9.96. The van der Waals surface area contributed by atoms with Crippen molar-refractivity contribution in [3.05, 3.63) is 70.3 Å². The highest BCUT2D eigenvalue weighted by atomic mass is 16.1. The van der Waals surface area contributed by atoms with E-state index in [4.69, 9.17) is 0 Å². The number of carbonyl (C=O) groups excluding carboxylic acids is 1. The minimum Gasteiger partial charge on any atom is -0.359 e. The first-order valence-electron chi connectivity index (χ1n) is 9.12. The molecule has 0 saturated carbocycles. The second kappa shape index (κ2) is 7.83. The van der Waals surface area contributed by atoms with Gasteiger partial charge in [0.25, 0.3) is 0 Å². The molecule has 2 aromatic carbocycles. The maximum atomic E-state index is 11.4. The van der Waals surface area contributed by atoms with Crippen LogP contribution in [0.2, 0.25) is 0 Å². The summed E-state index contributed by atoms with van der Waals surface area (Å²) in [6.07, 6.45) is 3.02. The van der Waals surface area contributed by atoms with Crippen LogP contribution in [0, 0.1) is 12.8 Å². The lowest BCUT2D eigenvalue weighted by molar-refractivity contribution is -0.124. The lowest BCUT2D eigenvalue weighted by Gasteiger charge is -2.25. The quantitative estimate of drug-likeness (QED) is 0.868. The summed E-state index contributed by atoms with van der Waals surface area (Å²) >= 11 is 0. The second-order valence-corrected chi connectivity index (χ2v) is 7.19. The predicted octanol–water partition coefficient (Wildman–Crippen LogP) is 3.13. The number of amides is 1. The van der Waals surface area contributed by atoms with Crippen molar-refractivity contribution in [3.8, 4) is 0 Å². The molecule has 1 N–H and O–H groups in total. The van der Waals surface area contributed by atoms with Gasteiger partial charge in [-0.2, -0.15) is 0 Å². The van der Waals surface area contributed by atoms with Gasteiger partial charge >= 0.3 is 0 Å². The van der Waals surface area contributed by atoms with Gasteiger partial charge in [-0.3, -0.25) is 4.79 Å². The van der Waals surface area contributed by atoms with Crippen molar-refractivity contribution in [2.45, 2.75) is 32.7 Å². The highest BCUT2D eigenvalue weighted by molar-refractivity contribution is 5.79. The fourth-order valence-electron chi connectivity index (χ4n) is 3.89. The van der Waals surface area contributed by atoms with Gasteiger partial charge in [-0.25, -0.2) is 0 Å². The van der Waals surface area contributed by atoms with Crippen LogP contribution in [-0.4, -0.2) is 31.4 Å². The van der Waals surface area contributed by atoms with Gasteiger partial charge in [0, 0.05) is 26.1 Å². The molecule has 4 rings (SSSR count). The maximum absolute atomic E-state index is 11.4. The summed E-state index contributed by atoms with van der Waals surface area (Å²) in [5.74, 6) is 0.318. The van der Waals surface area contributed by atoms with Gasteiger partial charge in [-0.1, -0.05) is 42.5 Å². The molecule has 2 aliphatic rings. The van der Waals surface area contributed by atoms with Crippen LogP contribution in [0.3, 0.4) is 0 Å². The van der Waals surface area contributed by atoms with E-state index >= 15 is 0 Å². The minimum atomic E-state index is 0.155. The molecule has 0 fully saturated rings. The Bertz CT molecular complexity index is 728. The van der Waals surface area contributed by atoms with Gasteiger partial charge in [0.05, 0.1) is 0 Å². The number of nitrogens with one attached hydrogen (secondary N) is 1. The van der Waals surface area contributed by atoms with E-state index in [0.29, 0.717) is 0 Å². The summed E-state index contributed by atoms with van der Waals surface area (Å²) in [7, 11) is 3.89. The van der Waals surface area contributed by atoms with Crippen molar-refractivity contribution in [1.29, 1.82) is 0 Å². The summed E-state index contributed by atoms with van der Waals surface area (Å²) < 4.78 is 0. The van der Waals surface area contributed by atoms with Crippen molar-refractivity contribution >= 4 is 5.91 Å². The van der Waals surface area contributed by atoms with Crippen LogP contribution in [0.5, 0.6) is 0 Å². The van der Waals surface area contributed by atoms with E-state index in [9.17, 15) is 4.79 Å². The van der Waals surface area contributed by atoms with Gasteiger partial charge in [0.1, 0.15) is 0 Å². The lowest BCUT2D eigenvalue weighted by Crippen LogP contribution is -2.27. The van der Waals surface area contributed by atoms with Crippen molar-refractivity contribution in [1.82, 2.24) is 10.2 Å². The Morgan fingerprint density at radius 1 is 1.04 bits per heavy atom. The monoisotopic (exact) mass is 336 g/mol. The van der Waals surface area contributed by atoms with Gasteiger partial charge in [-0.15, -0.1) is 0 Å². The first-order chi connectivity index (χ1) is 12.1. The number of rotatable bonds is 1.